The Kier molecular flexibility index (Phi) is 4.63. The van der Waals surface area contributed by atoms with Crippen LogP contribution < -0.4 is 10.1 Å². The van der Waals surface area contributed by atoms with Gasteiger partial charge in [-0.2, -0.15) is 12.6 Å². The Morgan fingerprint density at radius 1 is 1.35 bits per heavy atom. The Balaban J connectivity index is 2.02. The predicted molar refractivity (Wildman–Crippen MR) is 85.7 cm³/mol. The van der Waals surface area contributed by atoms with E-state index in [0.717, 1.165) is 29.2 Å². The lowest BCUT2D eigenvalue weighted by molar-refractivity contribution is -0.116. The third-order valence-corrected chi connectivity index (χ3v) is 4.31. The normalized spacial score (nSPS) is 16.3. The van der Waals surface area contributed by atoms with E-state index in [1.54, 1.807) is 0 Å². The molecule has 1 amide bonds. The number of carbonyl (C=O) groups is 1. The highest BCUT2D eigenvalue weighted by atomic mass is 32.1. The fourth-order valence-electron chi connectivity index (χ4n) is 2.22. The van der Waals surface area contributed by atoms with E-state index in [1.807, 2.05) is 18.2 Å². The summed E-state index contributed by atoms with van der Waals surface area (Å²) in [6, 6.07) is 5.88. The molecule has 0 aromatic heterocycles. The summed E-state index contributed by atoms with van der Waals surface area (Å²) >= 11 is 4.42. The smallest absolute Gasteiger partial charge is 0.224 e. The minimum Gasteiger partial charge on any atom is -0.493 e. The average Bonchev–Trinajstić information content (AvgIpc) is 2.38. The van der Waals surface area contributed by atoms with Crippen molar-refractivity contribution in [1.29, 1.82) is 0 Å². The summed E-state index contributed by atoms with van der Waals surface area (Å²) in [4.78, 5) is 11.3. The van der Waals surface area contributed by atoms with Crippen molar-refractivity contribution in [2.75, 3.05) is 17.7 Å². The van der Waals surface area contributed by atoms with Crippen molar-refractivity contribution >= 4 is 24.2 Å². The summed E-state index contributed by atoms with van der Waals surface area (Å²) in [6.07, 6.45) is 1.34. The number of nitrogens with one attached hydrogen (secondary N) is 1. The van der Waals surface area contributed by atoms with Gasteiger partial charge in [-0.1, -0.05) is 20.8 Å². The lowest BCUT2D eigenvalue weighted by Gasteiger charge is -2.29. The van der Waals surface area contributed by atoms with Gasteiger partial charge in [0.15, 0.2) is 0 Å². The quantitative estimate of drug-likeness (QED) is 0.833. The Morgan fingerprint density at radius 2 is 2.10 bits per heavy atom. The van der Waals surface area contributed by atoms with Crippen LogP contribution in [0.5, 0.6) is 5.75 Å². The van der Waals surface area contributed by atoms with Gasteiger partial charge in [0.1, 0.15) is 5.75 Å². The van der Waals surface area contributed by atoms with Crippen molar-refractivity contribution in [1.82, 2.24) is 0 Å². The SMILES string of the molecule is CC(C)(C)C(CS)COc1ccc2c(c1)CCC(=O)N2. The van der Waals surface area contributed by atoms with Crippen LogP contribution in [0.25, 0.3) is 0 Å². The van der Waals surface area contributed by atoms with Crippen molar-refractivity contribution in [3.05, 3.63) is 23.8 Å². The van der Waals surface area contributed by atoms with Crippen molar-refractivity contribution in [2.45, 2.75) is 33.6 Å². The first-order valence-electron chi connectivity index (χ1n) is 7.06. The van der Waals surface area contributed by atoms with Crippen molar-refractivity contribution < 1.29 is 9.53 Å². The molecule has 0 fully saturated rings. The molecule has 1 aromatic carbocycles. The molecule has 1 N–H and O–H groups in total. The first kappa shape index (κ1) is 15.2. The Morgan fingerprint density at radius 3 is 2.75 bits per heavy atom. The number of rotatable bonds is 4. The van der Waals surface area contributed by atoms with Crippen molar-refractivity contribution in [2.24, 2.45) is 11.3 Å². The maximum atomic E-state index is 11.3. The Bertz CT molecular complexity index is 494. The molecule has 0 bridgehead atoms. The second-order valence-electron chi connectivity index (χ2n) is 6.42. The zero-order valence-corrected chi connectivity index (χ0v) is 13.3. The average molecular weight is 293 g/mol. The van der Waals surface area contributed by atoms with Gasteiger partial charge in [-0.05, 0) is 41.4 Å². The number of amides is 1. The molecule has 0 spiro atoms. The second kappa shape index (κ2) is 6.08. The fourth-order valence-corrected chi connectivity index (χ4v) is 2.88. The van der Waals surface area contributed by atoms with Gasteiger partial charge in [0.05, 0.1) is 6.61 Å². The Labute approximate surface area is 126 Å². The van der Waals surface area contributed by atoms with Crippen LogP contribution in [0.1, 0.15) is 32.8 Å². The third-order valence-electron chi connectivity index (χ3n) is 3.87. The maximum Gasteiger partial charge on any atom is 0.224 e. The van der Waals surface area contributed by atoms with E-state index >= 15 is 0 Å². The zero-order valence-electron chi connectivity index (χ0n) is 12.4. The van der Waals surface area contributed by atoms with E-state index < -0.39 is 0 Å². The number of ether oxygens (including phenoxy) is 1. The van der Waals surface area contributed by atoms with Gasteiger partial charge in [-0.25, -0.2) is 0 Å². The summed E-state index contributed by atoms with van der Waals surface area (Å²) in [7, 11) is 0. The molecular weight excluding hydrogens is 270 g/mol. The van der Waals surface area contributed by atoms with Gasteiger partial charge in [0, 0.05) is 18.0 Å². The van der Waals surface area contributed by atoms with Gasteiger partial charge in [-0.3, -0.25) is 4.79 Å². The van der Waals surface area contributed by atoms with Crippen LogP contribution in [0.15, 0.2) is 18.2 Å². The molecule has 2 rings (SSSR count). The maximum absolute atomic E-state index is 11.3. The minimum absolute atomic E-state index is 0.0917. The summed E-state index contributed by atoms with van der Waals surface area (Å²) in [6.45, 7) is 7.29. The molecule has 1 aromatic rings. The van der Waals surface area contributed by atoms with Crippen LogP contribution >= 0.6 is 12.6 Å². The first-order chi connectivity index (χ1) is 9.40. The number of thiol groups is 1. The van der Waals surface area contributed by atoms with Crippen LogP contribution in [0.2, 0.25) is 0 Å². The van der Waals surface area contributed by atoms with Crippen LogP contribution in [-0.2, 0) is 11.2 Å². The highest BCUT2D eigenvalue weighted by Crippen LogP contribution is 2.30. The first-order valence-corrected chi connectivity index (χ1v) is 7.70. The summed E-state index contributed by atoms with van der Waals surface area (Å²) in [5.74, 6) is 2.18. The number of fused-ring (bicyclic) bond motifs is 1. The molecule has 1 atom stereocenters. The predicted octanol–water partition coefficient (Wildman–Crippen LogP) is 3.54. The molecule has 0 saturated carbocycles. The fraction of sp³-hybridized carbons (Fsp3) is 0.562. The molecule has 20 heavy (non-hydrogen) atoms. The standard InChI is InChI=1S/C16H23NO2S/c1-16(2,3)12(10-20)9-19-13-5-6-14-11(8-13)4-7-15(18)17-14/h5-6,8,12,20H,4,7,9-10H2,1-3H3,(H,17,18). The summed E-state index contributed by atoms with van der Waals surface area (Å²) < 4.78 is 5.92. The summed E-state index contributed by atoms with van der Waals surface area (Å²) in [5.41, 5.74) is 2.25. The van der Waals surface area contributed by atoms with Gasteiger partial charge < -0.3 is 10.1 Å². The van der Waals surface area contributed by atoms with E-state index in [9.17, 15) is 4.79 Å². The molecule has 4 heteroatoms. The number of aryl methyl sites for hydroxylation is 1. The van der Waals surface area contributed by atoms with Crippen LogP contribution in [0, 0.1) is 11.3 Å². The van der Waals surface area contributed by atoms with Crippen molar-refractivity contribution in [3.63, 3.8) is 0 Å². The molecule has 110 valence electrons. The van der Waals surface area contributed by atoms with Gasteiger partial charge in [0.2, 0.25) is 5.91 Å². The van der Waals surface area contributed by atoms with Crippen LogP contribution in [0.3, 0.4) is 0 Å². The number of carbonyl (C=O) groups excluding carboxylic acids is 1. The molecule has 0 radical (unpaired) electrons. The molecule has 0 aliphatic carbocycles. The molecule has 3 nitrogen and oxygen atoms in total. The molecule has 1 heterocycles. The highest BCUT2D eigenvalue weighted by Gasteiger charge is 2.24. The second-order valence-corrected chi connectivity index (χ2v) is 6.79. The van der Waals surface area contributed by atoms with Gasteiger partial charge in [0.25, 0.3) is 0 Å². The molecule has 1 aliphatic heterocycles. The van der Waals surface area contributed by atoms with E-state index in [2.05, 4.69) is 38.7 Å². The van der Waals surface area contributed by atoms with Gasteiger partial charge in [-0.15, -0.1) is 0 Å². The van der Waals surface area contributed by atoms with Crippen LogP contribution in [0.4, 0.5) is 5.69 Å². The molecule has 1 aliphatic rings. The number of hydrogen-bond donors (Lipinski definition) is 2. The number of benzene rings is 1. The lowest BCUT2D eigenvalue weighted by atomic mass is 9.82. The molecule has 1 unspecified atom stereocenters. The van der Waals surface area contributed by atoms with E-state index in [-0.39, 0.29) is 11.3 Å². The molecule has 0 saturated heterocycles. The van der Waals surface area contributed by atoms with E-state index in [0.29, 0.717) is 18.9 Å². The number of anilines is 1. The summed E-state index contributed by atoms with van der Waals surface area (Å²) in [5, 5.41) is 2.88. The van der Waals surface area contributed by atoms with Crippen molar-refractivity contribution in [3.8, 4) is 5.75 Å². The largest absolute Gasteiger partial charge is 0.493 e. The van der Waals surface area contributed by atoms with Crippen LogP contribution in [-0.4, -0.2) is 18.3 Å². The monoisotopic (exact) mass is 293 g/mol. The van der Waals surface area contributed by atoms with E-state index in [1.165, 1.54) is 0 Å². The Hall–Kier alpha value is -1.16. The third kappa shape index (κ3) is 3.69. The highest BCUT2D eigenvalue weighted by molar-refractivity contribution is 7.80. The molecular formula is C16H23NO2S. The van der Waals surface area contributed by atoms with Gasteiger partial charge >= 0.3 is 0 Å². The number of hydrogen-bond acceptors (Lipinski definition) is 3. The topological polar surface area (TPSA) is 38.3 Å². The zero-order chi connectivity index (χ0) is 14.8. The lowest BCUT2D eigenvalue weighted by Crippen LogP contribution is -2.28. The minimum atomic E-state index is 0.0917. The van der Waals surface area contributed by atoms with E-state index in [4.69, 9.17) is 4.74 Å².